The number of ketones is 1. The molecule has 5 rings (SSSR count). The van der Waals surface area contributed by atoms with E-state index in [1.807, 2.05) is 30.3 Å². The molecular formula is C30H46BN3O4. The summed E-state index contributed by atoms with van der Waals surface area (Å²) in [6.45, 7) is 12.3. The highest BCUT2D eigenvalue weighted by Crippen LogP contribution is 2.65. The summed E-state index contributed by atoms with van der Waals surface area (Å²) < 4.78 is 13.3. The second-order valence-electron chi connectivity index (χ2n) is 12.7. The number of hydrogen-bond acceptors (Lipinski definition) is 6. The van der Waals surface area contributed by atoms with Crippen LogP contribution in [-0.4, -0.2) is 42.5 Å². The molecule has 7 nitrogen and oxygen atoms in total. The number of nitrogens with one attached hydrogen (secondary N) is 1. The van der Waals surface area contributed by atoms with Crippen molar-refractivity contribution in [2.75, 3.05) is 0 Å². The molecule has 1 unspecified atom stereocenters. The smallest absolute Gasteiger partial charge is 0.404 e. The molecule has 0 spiro atoms. The molecule has 38 heavy (non-hydrogen) atoms. The lowest BCUT2D eigenvalue weighted by Gasteiger charge is -2.64. The summed E-state index contributed by atoms with van der Waals surface area (Å²) in [4.78, 5) is 26.3. The van der Waals surface area contributed by atoms with E-state index in [4.69, 9.17) is 20.8 Å². The molecule has 1 saturated heterocycles. The van der Waals surface area contributed by atoms with Crippen molar-refractivity contribution in [1.29, 1.82) is 0 Å². The minimum Gasteiger partial charge on any atom is -0.404 e. The van der Waals surface area contributed by atoms with Crippen LogP contribution < -0.4 is 16.8 Å². The highest BCUT2D eigenvalue weighted by atomic mass is 16.7. The van der Waals surface area contributed by atoms with Gasteiger partial charge in [-0.1, -0.05) is 57.2 Å². The van der Waals surface area contributed by atoms with E-state index in [9.17, 15) is 9.59 Å². The van der Waals surface area contributed by atoms with Crippen LogP contribution in [0.2, 0.25) is 0 Å². The number of carbonyl (C=O) groups excluding carboxylic acids is 2. The van der Waals surface area contributed by atoms with Gasteiger partial charge < -0.3 is 26.1 Å². The zero-order valence-corrected chi connectivity index (χ0v) is 23.6. The number of Topliss-reactive ketones (excluding diaryl/α,β-unsaturated/α-hetero) is 1. The van der Waals surface area contributed by atoms with Crippen molar-refractivity contribution in [3.05, 3.63) is 48.2 Å². The fraction of sp³-hybridized carbons (Fsp3) is 0.667. The molecule has 1 aromatic rings. The molecule has 8 heteroatoms. The van der Waals surface area contributed by atoms with Crippen LogP contribution in [0.1, 0.15) is 78.2 Å². The number of carbonyl (C=O) groups is 2. The lowest BCUT2D eigenvalue weighted by Crippen LogP contribution is -2.65. The summed E-state index contributed by atoms with van der Waals surface area (Å²) in [5, 5.41) is 3.25. The third kappa shape index (κ3) is 6.03. The summed E-state index contributed by atoms with van der Waals surface area (Å²) in [6, 6.07) is 9.19. The summed E-state index contributed by atoms with van der Waals surface area (Å²) in [5.74, 6) is -0.0275. The van der Waals surface area contributed by atoms with E-state index in [2.05, 4.69) is 32.7 Å². The van der Waals surface area contributed by atoms with Gasteiger partial charge in [0, 0.05) is 18.0 Å². The highest BCUT2D eigenvalue weighted by molar-refractivity contribution is 6.47. The van der Waals surface area contributed by atoms with Gasteiger partial charge in [0.1, 0.15) is 5.78 Å². The molecule has 1 aromatic carbocycles. The minimum atomic E-state index is -0.611. The fourth-order valence-electron chi connectivity index (χ4n) is 6.95. The molecule has 1 amide bonds. The van der Waals surface area contributed by atoms with E-state index in [1.54, 1.807) is 6.92 Å². The van der Waals surface area contributed by atoms with Crippen molar-refractivity contribution in [2.45, 2.75) is 103 Å². The number of amides is 1. The molecule has 3 saturated carbocycles. The normalized spacial score (nSPS) is 29.5. The standard InChI is InChI=1S/C30H46BN3O4/c1-19(32)11-9-10-14-27(31-37-26-18-23-17-25(29(23,3)4)30(26,5)38-31)34-28(36)22(16-24(35)20(2)33)15-21-12-7-6-8-13-21/h6-8,12-13,20,22-23,25-27H,1,9-11,14-18,32-33H2,2-5H3,(H,34,36)/t20-,22+,23-,25-,26?,27-,30-/m0/s1. The van der Waals surface area contributed by atoms with Crippen molar-refractivity contribution in [3.8, 4) is 0 Å². The van der Waals surface area contributed by atoms with E-state index in [0.717, 1.165) is 31.2 Å². The van der Waals surface area contributed by atoms with Gasteiger partial charge in [0.05, 0.1) is 23.7 Å². The maximum atomic E-state index is 13.7. The predicted octanol–water partition coefficient (Wildman–Crippen LogP) is 3.94. The van der Waals surface area contributed by atoms with Crippen molar-refractivity contribution >= 4 is 18.8 Å². The molecule has 7 atom stereocenters. The van der Waals surface area contributed by atoms with Gasteiger partial charge in [0.15, 0.2) is 0 Å². The first-order valence-corrected chi connectivity index (χ1v) is 14.3. The van der Waals surface area contributed by atoms with Crippen LogP contribution >= 0.6 is 0 Å². The van der Waals surface area contributed by atoms with Crippen molar-refractivity contribution in [3.63, 3.8) is 0 Å². The first kappa shape index (κ1) is 28.8. The molecule has 208 valence electrons. The van der Waals surface area contributed by atoms with Crippen molar-refractivity contribution in [1.82, 2.24) is 5.32 Å². The Balaban J connectivity index is 1.50. The summed E-state index contributed by atoms with van der Waals surface area (Å²) in [5.41, 5.74) is 13.2. The first-order valence-electron chi connectivity index (χ1n) is 14.3. The number of rotatable bonds is 13. The van der Waals surface area contributed by atoms with Crippen molar-refractivity contribution < 1.29 is 18.9 Å². The summed E-state index contributed by atoms with van der Waals surface area (Å²) in [7, 11) is -0.522. The van der Waals surface area contributed by atoms with Gasteiger partial charge >= 0.3 is 7.12 Å². The van der Waals surface area contributed by atoms with Crippen LogP contribution in [0.5, 0.6) is 0 Å². The van der Waals surface area contributed by atoms with Crippen LogP contribution in [0.15, 0.2) is 42.6 Å². The minimum absolute atomic E-state index is 0.0345. The van der Waals surface area contributed by atoms with Gasteiger partial charge in [0.25, 0.3) is 0 Å². The molecule has 5 N–H and O–H groups in total. The fourth-order valence-corrected chi connectivity index (χ4v) is 6.95. The summed E-state index contributed by atoms with van der Waals surface area (Å²) in [6.07, 6.45) is 5.93. The Bertz CT molecular complexity index is 1020. The largest absolute Gasteiger partial charge is 0.481 e. The molecule has 0 radical (unpaired) electrons. The Morgan fingerprint density at radius 2 is 1.89 bits per heavy atom. The molecule has 4 fully saturated rings. The van der Waals surface area contributed by atoms with E-state index in [1.165, 1.54) is 6.42 Å². The Morgan fingerprint density at radius 1 is 1.18 bits per heavy atom. The highest BCUT2D eigenvalue weighted by Gasteiger charge is 2.68. The Morgan fingerprint density at radius 3 is 2.53 bits per heavy atom. The van der Waals surface area contributed by atoms with Gasteiger partial charge in [-0.2, -0.15) is 0 Å². The number of hydrogen-bond donors (Lipinski definition) is 3. The van der Waals surface area contributed by atoms with E-state index in [0.29, 0.717) is 30.4 Å². The summed E-state index contributed by atoms with van der Waals surface area (Å²) >= 11 is 0. The maximum absolute atomic E-state index is 13.7. The predicted molar refractivity (Wildman–Crippen MR) is 151 cm³/mol. The number of nitrogens with two attached hydrogens (primary N) is 2. The average Bonchev–Trinajstić information content (AvgIpc) is 3.22. The zero-order valence-electron chi connectivity index (χ0n) is 23.6. The van der Waals surface area contributed by atoms with Crippen LogP contribution in [0.4, 0.5) is 0 Å². The molecule has 1 aliphatic heterocycles. The zero-order chi connectivity index (χ0) is 27.7. The van der Waals surface area contributed by atoms with Crippen molar-refractivity contribution in [2.24, 2.45) is 34.6 Å². The monoisotopic (exact) mass is 523 g/mol. The quantitative estimate of drug-likeness (QED) is 0.267. The lowest BCUT2D eigenvalue weighted by molar-refractivity contribution is -0.199. The SMILES string of the molecule is C=C(N)CCCC[C@H](NC(=O)[C@@H](CC(=O)[C@H](C)N)Cc1ccccc1)B1OC2C[C@@H]3C[C@@H](C3(C)C)[C@]2(C)O1. The molecule has 1 heterocycles. The number of unbranched alkanes of at least 4 members (excludes halogenated alkanes) is 1. The maximum Gasteiger partial charge on any atom is 0.481 e. The van der Waals surface area contributed by atoms with Gasteiger partial charge in [-0.25, -0.2) is 0 Å². The lowest BCUT2D eigenvalue weighted by atomic mass is 9.43. The average molecular weight is 524 g/mol. The van der Waals surface area contributed by atoms with Crippen LogP contribution in [0.25, 0.3) is 0 Å². The van der Waals surface area contributed by atoms with Gasteiger partial charge in [-0.15, -0.1) is 0 Å². The second-order valence-corrected chi connectivity index (χ2v) is 12.7. The second kappa shape index (κ2) is 11.5. The van der Waals surface area contributed by atoms with E-state index < -0.39 is 19.1 Å². The third-order valence-corrected chi connectivity index (χ3v) is 9.54. The Hall–Kier alpha value is -2.16. The number of allylic oxidation sites excluding steroid dienone is 1. The van der Waals surface area contributed by atoms with Crippen LogP contribution in [0, 0.1) is 23.2 Å². The molecule has 0 aromatic heterocycles. The van der Waals surface area contributed by atoms with Gasteiger partial charge in [-0.05, 0) is 75.2 Å². The van der Waals surface area contributed by atoms with Gasteiger partial charge in [-0.3, -0.25) is 9.59 Å². The number of benzene rings is 1. The van der Waals surface area contributed by atoms with E-state index >= 15 is 0 Å². The molecule has 3 aliphatic carbocycles. The molecule has 2 bridgehead atoms. The molecular weight excluding hydrogens is 477 g/mol. The van der Waals surface area contributed by atoms with E-state index in [-0.39, 0.29) is 41.2 Å². The van der Waals surface area contributed by atoms with Crippen LogP contribution in [-0.2, 0) is 25.3 Å². The first-order chi connectivity index (χ1) is 17.9. The molecule has 4 aliphatic rings. The third-order valence-electron chi connectivity index (χ3n) is 9.54. The Labute approximate surface area is 228 Å². The Kier molecular flexibility index (Phi) is 8.75. The van der Waals surface area contributed by atoms with Crippen LogP contribution in [0.3, 0.4) is 0 Å². The topological polar surface area (TPSA) is 117 Å². The van der Waals surface area contributed by atoms with Gasteiger partial charge in [0.2, 0.25) is 5.91 Å².